The Hall–Kier alpha value is -2.18. The minimum absolute atomic E-state index is 0.265. The second-order valence-corrected chi connectivity index (χ2v) is 6.27. The topological polar surface area (TPSA) is 24.9 Å². The molecule has 2 aromatic carbocycles. The zero-order valence-corrected chi connectivity index (χ0v) is 14.7. The normalized spacial score (nSPS) is 16.0. The molecular weight excluding hydrogens is 338 g/mol. The van der Waals surface area contributed by atoms with Crippen LogP contribution in [0, 0.1) is 0 Å². The summed E-state index contributed by atoms with van der Waals surface area (Å²) in [4.78, 5) is 4.63. The van der Waals surface area contributed by atoms with Gasteiger partial charge in [0.1, 0.15) is 18.1 Å². The predicted octanol–water partition coefficient (Wildman–Crippen LogP) is 3.48. The highest BCUT2D eigenvalue weighted by molar-refractivity contribution is 5.33. The molecule has 0 amide bonds. The number of halogens is 2. The number of para-hydroxylation sites is 2. The lowest BCUT2D eigenvalue weighted by atomic mass is 10.1. The molecule has 6 heteroatoms. The van der Waals surface area contributed by atoms with Gasteiger partial charge < -0.3 is 9.47 Å². The van der Waals surface area contributed by atoms with Gasteiger partial charge in [-0.3, -0.25) is 9.80 Å². The van der Waals surface area contributed by atoms with Crippen molar-refractivity contribution >= 4 is 0 Å². The third kappa shape index (κ3) is 5.68. The zero-order valence-electron chi connectivity index (χ0n) is 14.7. The summed E-state index contributed by atoms with van der Waals surface area (Å²) in [5, 5.41) is 0. The molecule has 4 nitrogen and oxygen atoms in total. The molecule has 0 atom stereocenters. The molecule has 140 valence electrons. The molecule has 1 heterocycles. The van der Waals surface area contributed by atoms with Gasteiger partial charge in [-0.15, -0.1) is 0 Å². The second-order valence-electron chi connectivity index (χ2n) is 6.27. The van der Waals surface area contributed by atoms with Crippen LogP contribution in [0.4, 0.5) is 8.78 Å². The smallest absolute Gasteiger partial charge is 0.387 e. The van der Waals surface area contributed by atoms with Crippen LogP contribution in [0.5, 0.6) is 11.5 Å². The lowest BCUT2D eigenvalue weighted by Gasteiger charge is -2.34. The minimum atomic E-state index is -2.79. The van der Waals surface area contributed by atoms with Crippen molar-refractivity contribution in [2.24, 2.45) is 0 Å². The maximum Gasteiger partial charge on any atom is 0.387 e. The Morgan fingerprint density at radius 1 is 0.846 bits per heavy atom. The highest BCUT2D eigenvalue weighted by atomic mass is 19.3. The number of hydrogen-bond acceptors (Lipinski definition) is 4. The van der Waals surface area contributed by atoms with Gasteiger partial charge in [0, 0.05) is 44.8 Å². The van der Waals surface area contributed by atoms with Gasteiger partial charge in [-0.1, -0.05) is 36.4 Å². The van der Waals surface area contributed by atoms with Crippen molar-refractivity contribution in [3.63, 3.8) is 0 Å². The van der Waals surface area contributed by atoms with E-state index in [2.05, 4.69) is 14.5 Å². The Kier molecular flexibility index (Phi) is 6.80. The van der Waals surface area contributed by atoms with Crippen LogP contribution in [0.15, 0.2) is 54.6 Å². The molecule has 0 bridgehead atoms. The van der Waals surface area contributed by atoms with Crippen molar-refractivity contribution in [1.82, 2.24) is 9.80 Å². The van der Waals surface area contributed by atoms with Gasteiger partial charge in [-0.2, -0.15) is 8.78 Å². The Morgan fingerprint density at radius 2 is 1.50 bits per heavy atom. The van der Waals surface area contributed by atoms with E-state index in [1.54, 1.807) is 12.1 Å². The first kappa shape index (κ1) is 18.6. The van der Waals surface area contributed by atoms with Crippen LogP contribution in [0.25, 0.3) is 0 Å². The Labute approximate surface area is 152 Å². The third-order valence-electron chi connectivity index (χ3n) is 4.47. The number of nitrogens with zero attached hydrogens (tertiary/aromatic N) is 2. The summed E-state index contributed by atoms with van der Waals surface area (Å²) >= 11 is 0. The van der Waals surface area contributed by atoms with Gasteiger partial charge in [0.25, 0.3) is 0 Å². The molecule has 3 rings (SSSR count). The highest BCUT2D eigenvalue weighted by Crippen LogP contribution is 2.22. The number of piperazine rings is 1. The molecule has 1 aliphatic heterocycles. The summed E-state index contributed by atoms with van der Waals surface area (Å²) in [6.45, 7) is 3.05. The lowest BCUT2D eigenvalue weighted by Crippen LogP contribution is -2.47. The first-order chi connectivity index (χ1) is 12.7. The first-order valence-corrected chi connectivity index (χ1v) is 8.86. The molecular formula is C20H24F2N2O2. The largest absolute Gasteiger partial charge is 0.492 e. The molecule has 26 heavy (non-hydrogen) atoms. The number of alkyl halides is 2. The summed E-state index contributed by atoms with van der Waals surface area (Å²) in [7, 11) is 0. The van der Waals surface area contributed by atoms with Crippen molar-refractivity contribution in [3.8, 4) is 11.5 Å². The number of benzene rings is 2. The standard InChI is InChI=1S/C20H24F2N2O2/c21-20(22)26-19-9-5-4-6-17(19)16-24-12-10-23(11-13-24)14-15-25-18-7-2-1-3-8-18/h1-9,20H,10-16H2. The number of hydrogen-bond donors (Lipinski definition) is 0. The maximum atomic E-state index is 12.5. The van der Waals surface area contributed by atoms with E-state index >= 15 is 0 Å². The van der Waals surface area contributed by atoms with Crippen LogP contribution in [0.3, 0.4) is 0 Å². The first-order valence-electron chi connectivity index (χ1n) is 8.86. The molecule has 0 aromatic heterocycles. The summed E-state index contributed by atoms with van der Waals surface area (Å²) in [5.41, 5.74) is 0.800. The summed E-state index contributed by atoms with van der Waals surface area (Å²) in [5.74, 6) is 1.16. The van der Waals surface area contributed by atoms with Gasteiger partial charge in [0.15, 0.2) is 0 Å². The molecule has 0 saturated carbocycles. The third-order valence-corrected chi connectivity index (χ3v) is 4.47. The van der Waals surface area contributed by atoms with E-state index in [1.165, 1.54) is 0 Å². The van der Waals surface area contributed by atoms with Gasteiger partial charge >= 0.3 is 6.61 Å². The van der Waals surface area contributed by atoms with Crippen LogP contribution in [-0.2, 0) is 6.54 Å². The Morgan fingerprint density at radius 3 is 2.23 bits per heavy atom. The second kappa shape index (κ2) is 9.50. The van der Waals surface area contributed by atoms with Crippen LogP contribution >= 0.6 is 0 Å². The maximum absolute atomic E-state index is 12.5. The van der Waals surface area contributed by atoms with Crippen molar-refractivity contribution in [1.29, 1.82) is 0 Å². The van der Waals surface area contributed by atoms with E-state index in [4.69, 9.17) is 4.74 Å². The van der Waals surface area contributed by atoms with Crippen LogP contribution in [0.2, 0.25) is 0 Å². The lowest BCUT2D eigenvalue weighted by molar-refractivity contribution is -0.0508. The van der Waals surface area contributed by atoms with Gasteiger partial charge in [0.2, 0.25) is 0 Å². The molecule has 1 aliphatic rings. The Balaban J connectivity index is 1.41. The van der Waals surface area contributed by atoms with E-state index in [1.807, 2.05) is 42.5 Å². The SMILES string of the molecule is FC(F)Oc1ccccc1CN1CCN(CCOc2ccccc2)CC1. The van der Waals surface area contributed by atoms with E-state index in [-0.39, 0.29) is 5.75 Å². The minimum Gasteiger partial charge on any atom is -0.492 e. The van der Waals surface area contributed by atoms with Gasteiger partial charge in [-0.05, 0) is 18.2 Å². The van der Waals surface area contributed by atoms with E-state index < -0.39 is 6.61 Å². The highest BCUT2D eigenvalue weighted by Gasteiger charge is 2.18. The molecule has 0 N–H and O–H groups in total. The fourth-order valence-corrected chi connectivity index (χ4v) is 3.07. The van der Waals surface area contributed by atoms with E-state index in [9.17, 15) is 8.78 Å². The van der Waals surface area contributed by atoms with E-state index in [0.717, 1.165) is 44.0 Å². The van der Waals surface area contributed by atoms with Crippen molar-refractivity contribution < 1.29 is 18.3 Å². The molecule has 1 fully saturated rings. The summed E-state index contributed by atoms with van der Waals surface area (Å²) in [6.07, 6.45) is 0. The molecule has 0 unspecified atom stereocenters. The summed E-state index contributed by atoms with van der Waals surface area (Å²) in [6, 6.07) is 16.8. The quantitative estimate of drug-likeness (QED) is 0.718. The summed E-state index contributed by atoms with van der Waals surface area (Å²) < 4.78 is 35.4. The molecule has 1 saturated heterocycles. The van der Waals surface area contributed by atoms with Crippen LogP contribution in [0.1, 0.15) is 5.56 Å². The van der Waals surface area contributed by atoms with E-state index in [0.29, 0.717) is 13.2 Å². The van der Waals surface area contributed by atoms with Crippen LogP contribution in [-0.4, -0.2) is 55.7 Å². The number of ether oxygens (including phenoxy) is 2. The van der Waals surface area contributed by atoms with Gasteiger partial charge in [-0.25, -0.2) is 0 Å². The van der Waals surface area contributed by atoms with Gasteiger partial charge in [0.05, 0.1) is 0 Å². The fourth-order valence-electron chi connectivity index (χ4n) is 3.07. The average Bonchev–Trinajstić information content (AvgIpc) is 2.65. The van der Waals surface area contributed by atoms with Crippen molar-refractivity contribution in [2.75, 3.05) is 39.3 Å². The van der Waals surface area contributed by atoms with Crippen LogP contribution < -0.4 is 9.47 Å². The molecule has 2 aromatic rings. The van der Waals surface area contributed by atoms with Crippen molar-refractivity contribution in [2.45, 2.75) is 13.2 Å². The molecule has 0 aliphatic carbocycles. The monoisotopic (exact) mass is 362 g/mol. The Bertz CT molecular complexity index is 662. The number of rotatable bonds is 8. The zero-order chi connectivity index (χ0) is 18.2. The van der Waals surface area contributed by atoms with Crippen molar-refractivity contribution in [3.05, 3.63) is 60.2 Å². The average molecular weight is 362 g/mol. The molecule has 0 radical (unpaired) electrons. The predicted molar refractivity (Wildman–Crippen MR) is 96.7 cm³/mol. The molecule has 0 spiro atoms. The fraction of sp³-hybridized carbons (Fsp3) is 0.400.